The fourth-order valence-corrected chi connectivity index (χ4v) is 6.19. The van der Waals surface area contributed by atoms with Gasteiger partial charge in [0.2, 0.25) is 0 Å². The second-order valence-electron chi connectivity index (χ2n) is 10.8. The molecule has 3 heterocycles. The Morgan fingerprint density at radius 3 is 2.53 bits per heavy atom. The number of fused-ring (bicyclic) bond motifs is 1. The Morgan fingerprint density at radius 2 is 1.87 bits per heavy atom. The summed E-state index contributed by atoms with van der Waals surface area (Å²) < 4.78 is 24.6. The van der Waals surface area contributed by atoms with E-state index in [9.17, 15) is 19.7 Å². The number of hydrogen-bond acceptors (Lipinski definition) is 10. The predicted octanol–water partition coefficient (Wildman–Crippen LogP) is 5.38. The molecule has 2 aromatic carbocycles. The van der Waals surface area contributed by atoms with E-state index in [2.05, 4.69) is 4.99 Å². The Hall–Kier alpha value is -4.97. The highest BCUT2D eigenvalue weighted by molar-refractivity contribution is 7.07. The van der Waals surface area contributed by atoms with Crippen LogP contribution in [0.3, 0.4) is 0 Å². The van der Waals surface area contributed by atoms with Crippen LogP contribution in [0.5, 0.6) is 11.5 Å². The summed E-state index contributed by atoms with van der Waals surface area (Å²) in [6.07, 6.45) is 1.48. The van der Waals surface area contributed by atoms with Gasteiger partial charge in [0, 0.05) is 12.1 Å². The van der Waals surface area contributed by atoms with Gasteiger partial charge in [0.1, 0.15) is 11.5 Å². The number of benzene rings is 2. The minimum Gasteiger partial charge on any atom is -0.493 e. The van der Waals surface area contributed by atoms with Gasteiger partial charge in [0.15, 0.2) is 16.3 Å². The lowest BCUT2D eigenvalue weighted by molar-refractivity contribution is -0.384. The first-order valence-corrected chi connectivity index (χ1v) is 15.1. The van der Waals surface area contributed by atoms with Crippen LogP contribution in [0.1, 0.15) is 56.2 Å². The molecule has 0 unspecified atom stereocenters. The summed E-state index contributed by atoms with van der Waals surface area (Å²) in [6, 6.07) is 11.0. The molecule has 0 N–H and O–H groups in total. The van der Waals surface area contributed by atoms with Gasteiger partial charge in [-0.2, -0.15) is 0 Å². The van der Waals surface area contributed by atoms with Gasteiger partial charge in [-0.3, -0.25) is 19.5 Å². The van der Waals surface area contributed by atoms with E-state index in [4.69, 9.17) is 18.6 Å². The normalized spacial score (nSPS) is 14.8. The van der Waals surface area contributed by atoms with Gasteiger partial charge < -0.3 is 18.6 Å². The first kappa shape index (κ1) is 31.5. The Balaban J connectivity index is 1.65. The quantitative estimate of drug-likeness (QED) is 0.137. The van der Waals surface area contributed by atoms with Gasteiger partial charge in [-0.15, -0.1) is 0 Å². The third-order valence-electron chi connectivity index (χ3n) is 7.36. The number of carbonyl (C=O) groups is 1. The zero-order valence-electron chi connectivity index (χ0n) is 26.0. The number of esters is 1. The van der Waals surface area contributed by atoms with E-state index >= 15 is 0 Å². The molecule has 0 bridgehead atoms. The SMILES string of the molecule is CCOC(=O)C1=C(C)N=c2s/c(=C\c3ccc(-c4cc(C)c(C)cc4[N+](=O)[O-])o3)c(=O)n2[C@@H]1c1ccc(OC(C)C)c(OC)c1. The molecule has 0 spiro atoms. The molecule has 2 aromatic heterocycles. The zero-order valence-corrected chi connectivity index (χ0v) is 26.8. The van der Waals surface area contributed by atoms with E-state index in [1.54, 1.807) is 56.3 Å². The average molecular weight is 632 g/mol. The maximum atomic E-state index is 14.0. The Labute approximate surface area is 262 Å². The van der Waals surface area contributed by atoms with Crippen molar-refractivity contribution in [1.29, 1.82) is 0 Å². The number of aryl methyl sites for hydroxylation is 2. The standard InChI is InChI=1S/C33H33N3O8S/c1-8-42-32(38)29-20(6)34-33-35(30(29)21-9-11-26(43-17(2)3)27(15-21)41-7)31(37)28(45-33)16-22-10-12-25(44-22)23-13-18(4)19(5)14-24(23)36(39)40/h9-17,30H,8H2,1-7H3/b28-16-/t30-/m1/s1. The summed E-state index contributed by atoms with van der Waals surface area (Å²) in [4.78, 5) is 43.6. The molecule has 45 heavy (non-hydrogen) atoms. The van der Waals surface area contributed by atoms with E-state index in [0.29, 0.717) is 49.2 Å². The van der Waals surface area contributed by atoms with Crippen molar-refractivity contribution in [2.75, 3.05) is 13.7 Å². The van der Waals surface area contributed by atoms with Gasteiger partial charge in [-0.1, -0.05) is 17.4 Å². The summed E-state index contributed by atoms with van der Waals surface area (Å²) in [6.45, 7) is 11.1. The molecule has 1 atom stereocenters. The zero-order chi connectivity index (χ0) is 32.6. The lowest BCUT2D eigenvalue weighted by Crippen LogP contribution is -2.40. The number of furan rings is 1. The highest BCUT2D eigenvalue weighted by atomic mass is 32.1. The molecule has 0 amide bonds. The minimum absolute atomic E-state index is 0.0689. The third kappa shape index (κ3) is 6.05. The van der Waals surface area contributed by atoms with Crippen molar-refractivity contribution >= 4 is 29.1 Å². The number of nitrogens with zero attached hydrogens (tertiary/aromatic N) is 3. The fourth-order valence-electron chi connectivity index (χ4n) is 5.17. The summed E-state index contributed by atoms with van der Waals surface area (Å²) in [5.41, 5.74) is 2.83. The van der Waals surface area contributed by atoms with Crippen LogP contribution in [0.4, 0.5) is 5.69 Å². The molecule has 0 fully saturated rings. The molecule has 1 aliphatic rings. The molecule has 0 saturated carbocycles. The van der Waals surface area contributed by atoms with Crippen molar-refractivity contribution in [1.82, 2.24) is 4.57 Å². The maximum Gasteiger partial charge on any atom is 0.338 e. The number of methoxy groups -OCH3 is 1. The Morgan fingerprint density at radius 1 is 1.13 bits per heavy atom. The summed E-state index contributed by atoms with van der Waals surface area (Å²) in [7, 11) is 1.52. The number of thiazole rings is 1. The fraction of sp³-hybridized carbons (Fsp3) is 0.303. The first-order valence-electron chi connectivity index (χ1n) is 14.3. The number of aromatic nitrogens is 1. The number of nitro groups is 1. The van der Waals surface area contributed by atoms with Crippen LogP contribution >= 0.6 is 11.3 Å². The highest BCUT2D eigenvalue weighted by Gasteiger charge is 2.34. The number of carbonyl (C=O) groups excluding carboxylic acids is 1. The first-order chi connectivity index (χ1) is 21.4. The Kier molecular flexibility index (Phi) is 8.78. The smallest absolute Gasteiger partial charge is 0.338 e. The Bertz CT molecular complexity index is 2030. The van der Waals surface area contributed by atoms with Gasteiger partial charge in [-0.05, 0) is 88.6 Å². The van der Waals surface area contributed by atoms with Gasteiger partial charge >= 0.3 is 5.97 Å². The van der Waals surface area contributed by atoms with E-state index in [1.807, 2.05) is 27.7 Å². The predicted molar refractivity (Wildman–Crippen MR) is 169 cm³/mol. The minimum atomic E-state index is -0.852. The molecular formula is C33H33N3O8S. The van der Waals surface area contributed by atoms with Crippen molar-refractivity contribution in [2.45, 2.75) is 53.7 Å². The maximum absolute atomic E-state index is 14.0. The van der Waals surface area contributed by atoms with E-state index < -0.39 is 22.5 Å². The number of hydrogen-bond donors (Lipinski definition) is 0. The van der Waals surface area contributed by atoms with Crippen molar-refractivity contribution in [2.24, 2.45) is 4.99 Å². The molecule has 12 heteroatoms. The van der Waals surface area contributed by atoms with Gasteiger partial charge in [-0.25, -0.2) is 9.79 Å². The number of allylic oxidation sites excluding steroid dienone is 1. The number of nitro benzene ring substituents is 1. The molecule has 1 aliphatic heterocycles. The van der Waals surface area contributed by atoms with Crippen LogP contribution in [0, 0.1) is 24.0 Å². The van der Waals surface area contributed by atoms with Crippen molar-refractivity contribution in [3.8, 4) is 22.8 Å². The van der Waals surface area contributed by atoms with Crippen LogP contribution in [0.25, 0.3) is 17.4 Å². The van der Waals surface area contributed by atoms with Crippen LogP contribution in [0.2, 0.25) is 0 Å². The molecule has 11 nitrogen and oxygen atoms in total. The van der Waals surface area contributed by atoms with Crippen LogP contribution < -0.4 is 24.4 Å². The van der Waals surface area contributed by atoms with E-state index in [1.165, 1.54) is 17.7 Å². The van der Waals surface area contributed by atoms with Gasteiger partial charge in [0.25, 0.3) is 11.2 Å². The van der Waals surface area contributed by atoms with E-state index in [-0.39, 0.29) is 24.0 Å². The molecule has 0 aliphatic carbocycles. The third-order valence-corrected chi connectivity index (χ3v) is 8.34. The largest absolute Gasteiger partial charge is 0.493 e. The lowest BCUT2D eigenvalue weighted by Gasteiger charge is -2.25. The molecule has 234 valence electrons. The van der Waals surface area contributed by atoms with Crippen molar-refractivity contribution in [3.63, 3.8) is 0 Å². The van der Waals surface area contributed by atoms with Crippen molar-refractivity contribution < 1.29 is 28.3 Å². The molecule has 4 aromatic rings. The second kappa shape index (κ2) is 12.6. The van der Waals surface area contributed by atoms with Gasteiger partial charge in [0.05, 0.1) is 52.2 Å². The molecule has 0 saturated heterocycles. The van der Waals surface area contributed by atoms with E-state index in [0.717, 1.165) is 22.5 Å². The lowest BCUT2D eigenvalue weighted by atomic mass is 9.95. The summed E-state index contributed by atoms with van der Waals surface area (Å²) >= 11 is 1.14. The topological polar surface area (TPSA) is 135 Å². The second-order valence-corrected chi connectivity index (χ2v) is 11.8. The van der Waals surface area contributed by atoms with Crippen LogP contribution in [-0.2, 0) is 9.53 Å². The monoisotopic (exact) mass is 631 g/mol. The molecule has 0 radical (unpaired) electrons. The average Bonchev–Trinajstić information content (AvgIpc) is 3.57. The van der Waals surface area contributed by atoms with Crippen LogP contribution in [0.15, 0.2) is 67.9 Å². The van der Waals surface area contributed by atoms with Crippen molar-refractivity contribution in [3.05, 3.63) is 106 Å². The number of rotatable bonds is 9. The highest BCUT2D eigenvalue weighted by Crippen LogP contribution is 2.37. The van der Waals surface area contributed by atoms with Crippen LogP contribution in [-0.4, -0.2) is 35.3 Å². The molecule has 5 rings (SSSR count). The number of ether oxygens (including phenoxy) is 3. The summed E-state index contributed by atoms with van der Waals surface area (Å²) in [5, 5.41) is 11.8. The summed E-state index contributed by atoms with van der Waals surface area (Å²) in [5.74, 6) is 1.03. The molecular weight excluding hydrogens is 598 g/mol.